The lowest BCUT2D eigenvalue weighted by Crippen LogP contribution is -2.29. The van der Waals surface area contributed by atoms with E-state index in [0.717, 1.165) is 70.6 Å². The fourth-order valence-electron chi connectivity index (χ4n) is 6.08. The Bertz CT molecular complexity index is 1050. The molecule has 1 fully saturated rings. The zero-order valence-electron chi connectivity index (χ0n) is 34.1. The molecule has 0 aromatic heterocycles. The van der Waals surface area contributed by atoms with E-state index in [1.165, 1.54) is 70.6 Å². The van der Waals surface area contributed by atoms with E-state index >= 15 is 0 Å². The second kappa shape index (κ2) is 35.6. The lowest BCUT2D eigenvalue weighted by Gasteiger charge is -2.19. The Hall–Kier alpha value is -1.81. The van der Waals surface area contributed by atoms with E-state index in [0.29, 0.717) is 25.0 Å². The van der Waals surface area contributed by atoms with Crippen molar-refractivity contribution < 1.29 is 42.3 Å². The molecule has 0 spiro atoms. The van der Waals surface area contributed by atoms with E-state index in [-0.39, 0.29) is 32.6 Å². The monoisotopic (exact) mass is 784 g/mol. The number of epoxide rings is 1. The quantitative estimate of drug-likeness (QED) is 0.0203. The lowest BCUT2D eigenvalue weighted by atomic mass is 10.1. The van der Waals surface area contributed by atoms with Crippen LogP contribution in [-0.2, 0) is 37.4 Å². The predicted octanol–water partition coefficient (Wildman–Crippen LogP) is 11.2. The third kappa shape index (κ3) is 32.4. The van der Waals surface area contributed by atoms with Gasteiger partial charge >= 0.3 is 19.8 Å². The third-order valence-electron chi connectivity index (χ3n) is 9.42. The summed E-state index contributed by atoms with van der Waals surface area (Å²) in [7, 11) is -4.38. The van der Waals surface area contributed by atoms with Crippen LogP contribution in [-0.4, -0.2) is 61.5 Å². The van der Waals surface area contributed by atoms with Crippen molar-refractivity contribution in [3.63, 3.8) is 0 Å². The minimum atomic E-state index is -4.38. The summed E-state index contributed by atoms with van der Waals surface area (Å²) in [6.45, 7) is 3.64. The SMILES string of the molecule is CCCCC/C=C\C/C=C\CCCCCCCCCC(=O)O[C@H](COC(=O)CCCCCCC/C=C\CC1OC1CCCCC)COP(=O)(O)OCCN. The minimum absolute atomic E-state index is 0.0472. The topological polar surface area (TPSA) is 147 Å². The Morgan fingerprint density at radius 3 is 1.81 bits per heavy atom. The highest BCUT2D eigenvalue weighted by Gasteiger charge is 2.36. The first-order valence-electron chi connectivity index (χ1n) is 21.6. The largest absolute Gasteiger partial charge is 0.472 e. The number of unbranched alkanes of at least 4 members (excludes halogenated alkanes) is 17. The molecule has 0 amide bonds. The number of phosphoric acid groups is 1. The first kappa shape index (κ1) is 50.2. The fraction of sp³-hybridized carbons (Fsp3) is 0.814. The van der Waals surface area contributed by atoms with Gasteiger partial charge < -0.3 is 24.8 Å². The number of allylic oxidation sites excluding steroid dienone is 5. The summed E-state index contributed by atoms with van der Waals surface area (Å²) in [6.07, 6.45) is 40.5. The molecule has 314 valence electrons. The number of esters is 2. The summed E-state index contributed by atoms with van der Waals surface area (Å²) >= 11 is 0. The maximum Gasteiger partial charge on any atom is 0.472 e. The molecular weight excluding hydrogens is 705 g/mol. The van der Waals surface area contributed by atoms with Gasteiger partial charge in [0.1, 0.15) is 6.61 Å². The van der Waals surface area contributed by atoms with Crippen molar-refractivity contribution in [2.24, 2.45) is 5.73 Å². The minimum Gasteiger partial charge on any atom is -0.462 e. The molecule has 3 unspecified atom stereocenters. The third-order valence-corrected chi connectivity index (χ3v) is 10.4. The molecule has 4 atom stereocenters. The number of hydrogen-bond acceptors (Lipinski definition) is 9. The smallest absolute Gasteiger partial charge is 0.462 e. The van der Waals surface area contributed by atoms with Gasteiger partial charge in [0.15, 0.2) is 6.10 Å². The van der Waals surface area contributed by atoms with Gasteiger partial charge in [-0.2, -0.15) is 0 Å². The van der Waals surface area contributed by atoms with Gasteiger partial charge in [-0.3, -0.25) is 18.6 Å². The summed E-state index contributed by atoms with van der Waals surface area (Å²) in [4.78, 5) is 34.9. The number of hydrogen-bond donors (Lipinski definition) is 2. The molecule has 1 saturated heterocycles. The number of nitrogens with two attached hydrogens (primary N) is 1. The summed E-state index contributed by atoms with van der Waals surface area (Å²) in [5.74, 6) is -0.859. The van der Waals surface area contributed by atoms with Crippen molar-refractivity contribution >= 4 is 19.8 Å². The molecule has 1 rings (SSSR count). The molecule has 0 aromatic carbocycles. The Morgan fingerprint density at radius 2 is 1.20 bits per heavy atom. The van der Waals surface area contributed by atoms with Crippen LogP contribution < -0.4 is 5.73 Å². The van der Waals surface area contributed by atoms with Crippen LogP contribution in [0.15, 0.2) is 36.5 Å². The van der Waals surface area contributed by atoms with Gasteiger partial charge in [-0.15, -0.1) is 0 Å². The molecule has 1 heterocycles. The fourth-order valence-corrected chi connectivity index (χ4v) is 6.85. The molecule has 1 aliphatic heterocycles. The van der Waals surface area contributed by atoms with Crippen LogP contribution in [0.4, 0.5) is 0 Å². The second-order valence-electron chi connectivity index (χ2n) is 14.6. The number of ether oxygens (including phenoxy) is 3. The molecule has 10 nitrogen and oxygen atoms in total. The van der Waals surface area contributed by atoms with Gasteiger partial charge in [0.2, 0.25) is 0 Å². The van der Waals surface area contributed by atoms with Crippen LogP contribution in [0.1, 0.15) is 181 Å². The maximum atomic E-state index is 12.6. The van der Waals surface area contributed by atoms with Crippen LogP contribution in [0.25, 0.3) is 0 Å². The lowest BCUT2D eigenvalue weighted by molar-refractivity contribution is -0.161. The standard InChI is InChI=1S/C43H78NO9P/c1-3-5-7-8-9-10-11-12-13-14-15-16-17-18-23-26-30-34-43(46)52-39(38-51-54(47,48)50-36-35-44)37-49-42(45)33-29-25-22-20-19-21-24-28-32-41-40(53-41)31-27-6-4-2/h9-10,12-13,24,28,39-41H,3-8,11,14-23,25-27,29-38,44H2,1-2H3,(H,47,48)/b10-9-,13-12-,28-24-/t39-,40?,41?/m1/s1. The van der Waals surface area contributed by atoms with Crippen molar-refractivity contribution in [1.82, 2.24) is 0 Å². The average molecular weight is 784 g/mol. The van der Waals surface area contributed by atoms with Crippen LogP contribution in [0.2, 0.25) is 0 Å². The van der Waals surface area contributed by atoms with Crippen LogP contribution in [0.3, 0.4) is 0 Å². The number of carbonyl (C=O) groups is 2. The highest BCUT2D eigenvalue weighted by Crippen LogP contribution is 2.43. The maximum absolute atomic E-state index is 12.6. The number of carbonyl (C=O) groups excluding carboxylic acids is 2. The summed E-state index contributed by atoms with van der Waals surface area (Å²) in [5.41, 5.74) is 5.34. The summed E-state index contributed by atoms with van der Waals surface area (Å²) in [5, 5.41) is 0. The predicted molar refractivity (Wildman–Crippen MR) is 219 cm³/mol. The van der Waals surface area contributed by atoms with Crippen molar-refractivity contribution in [3.05, 3.63) is 36.5 Å². The zero-order chi connectivity index (χ0) is 39.4. The molecule has 0 bridgehead atoms. The Kier molecular flexibility index (Phi) is 33.1. The molecule has 54 heavy (non-hydrogen) atoms. The van der Waals surface area contributed by atoms with Gasteiger partial charge in [0.25, 0.3) is 0 Å². The average Bonchev–Trinajstić information content (AvgIpc) is 3.91. The van der Waals surface area contributed by atoms with E-state index in [1.807, 2.05) is 0 Å². The molecule has 3 N–H and O–H groups in total. The first-order valence-corrected chi connectivity index (χ1v) is 23.1. The Balaban J connectivity index is 2.18. The summed E-state index contributed by atoms with van der Waals surface area (Å²) in [6, 6.07) is 0. The molecule has 0 aliphatic carbocycles. The summed E-state index contributed by atoms with van der Waals surface area (Å²) < 4.78 is 38.5. The molecule has 0 aromatic rings. The number of phosphoric ester groups is 1. The van der Waals surface area contributed by atoms with E-state index in [2.05, 4.69) is 50.3 Å². The van der Waals surface area contributed by atoms with E-state index in [4.69, 9.17) is 29.0 Å². The van der Waals surface area contributed by atoms with Gasteiger partial charge in [-0.05, 0) is 70.6 Å². The molecule has 11 heteroatoms. The highest BCUT2D eigenvalue weighted by atomic mass is 31.2. The van der Waals surface area contributed by atoms with Crippen molar-refractivity contribution in [2.75, 3.05) is 26.4 Å². The molecule has 1 aliphatic rings. The van der Waals surface area contributed by atoms with E-state index in [1.54, 1.807) is 0 Å². The highest BCUT2D eigenvalue weighted by molar-refractivity contribution is 7.47. The van der Waals surface area contributed by atoms with Gasteiger partial charge in [-0.25, -0.2) is 4.57 Å². The van der Waals surface area contributed by atoms with Crippen molar-refractivity contribution in [1.29, 1.82) is 0 Å². The van der Waals surface area contributed by atoms with Crippen molar-refractivity contribution in [2.45, 2.75) is 199 Å². The second-order valence-corrected chi connectivity index (χ2v) is 16.0. The molecule has 0 radical (unpaired) electrons. The van der Waals surface area contributed by atoms with Crippen LogP contribution >= 0.6 is 7.82 Å². The van der Waals surface area contributed by atoms with Gasteiger partial charge in [0.05, 0.1) is 25.4 Å². The normalized spacial score (nSPS) is 17.4. The molecular formula is C43H78NO9P. The number of rotatable bonds is 39. The van der Waals surface area contributed by atoms with E-state index in [9.17, 15) is 19.0 Å². The first-order chi connectivity index (χ1) is 26.3. The van der Waals surface area contributed by atoms with Crippen LogP contribution in [0, 0.1) is 0 Å². The van der Waals surface area contributed by atoms with Crippen LogP contribution in [0.5, 0.6) is 0 Å². The van der Waals surface area contributed by atoms with Gasteiger partial charge in [-0.1, -0.05) is 134 Å². The molecule has 0 saturated carbocycles. The zero-order valence-corrected chi connectivity index (χ0v) is 35.0. The van der Waals surface area contributed by atoms with Gasteiger partial charge in [0, 0.05) is 19.4 Å². The van der Waals surface area contributed by atoms with E-state index < -0.39 is 32.5 Å². The Labute approximate surface area is 329 Å². The Morgan fingerprint density at radius 1 is 0.667 bits per heavy atom. The van der Waals surface area contributed by atoms with Crippen molar-refractivity contribution in [3.8, 4) is 0 Å².